The fraction of sp³-hybridized carbons (Fsp3) is 0.200. The minimum Gasteiger partial charge on any atom is -0.460 e. The Morgan fingerprint density at radius 3 is 2.37 bits per heavy atom. The van der Waals surface area contributed by atoms with Gasteiger partial charge in [0.15, 0.2) is 0 Å². The average Bonchev–Trinajstić information content (AvgIpc) is 3.11. The number of benzene rings is 2. The molecule has 0 saturated carbocycles. The Labute approximate surface area is 158 Å². The first-order chi connectivity index (χ1) is 13.0. The lowest BCUT2D eigenvalue weighted by Crippen LogP contribution is -2.32. The largest absolute Gasteiger partial charge is 0.460 e. The highest BCUT2D eigenvalue weighted by Gasteiger charge is 2.10. The van der Waals surface area contributed by atoms with Gasteiger partial charge in [0.1, 0.15) is 17.3 Å². The normalized spacial score (nSPS) is 11.6. The maximum Gasteiger partial charge on any atom is 0.215 e. The molecule has 1 heterocycles. The van der Waals surface area contributed by atoms with E-state index in [1.807, 2.05) is 30.3 Å². The van der Waals surface area contributed by atoms with Gasteiger partial charge < -0.3 is 9.73 Å². The highest BCUT2D eigenvalue weighted by Crippen LogP contribution is 2.22. The van der Waals surface area contributed by atoms with Crippen molar-refractivity contribution in [3.8, 4) is 11.3 Å². The second-order valence-electron chi connectivity index (χ2n) is 6.09. The molecule has 27 heavy (non-hydrogen) atoms. The zero-order valence-electron chi connectivity index (χ0n) is 14.7. The van der Waals surface area contributed by atoms with Crippen LogP contribution in [-0.2, 0) is 22.3 Å². The van der Waals surface area contributed by atoms with E-state index < -0.39 is 10.0 Å². The van der Waals surface area contributed by atoms with Crippen LogP contribution in [-0.4, -0.2) is 21.5 Å². The highest BCUT2D eigenvalue weighted by molar-refractivity contribution is 7.88. The van der Waals surface area contributed by atoms with Crippen molar-refractivity contribution in [1.82, 2.24) is 10.0 Å². The van der Waals surface area contributed by atoms with Crippen LogP contribution in [0, 0.1) is 5.82 Å². The van der Waals surface area contributed by atoms with E-state index in [2.05, 4.69) is 10.0 Å². The molecule has 7 heteroatoms. The number of hydrogen-bond acceptors (Lipinski definition) is 4. The molecule has 2 N–H and O–H groups in total. The lowest BCUT2D eigenvalue weighted by molar-refractivity contribution is 0.493. The number of nitrogens with one attached hydrogen (secondary N) is 2. The summed E-state index contributed by atoms with van der Waals surface area (Å²) in [5.41, 5.74) is 1.55. The van der Waals surface area contributed by atoms with E-state index in [1.165, 1.54) is 12.1 Å². The van der Waals surface area contributed by atoms with Crippen LogP contribution in [0.2, 0.25) is 0 Å². The molecule has 0 fully saturated rings. The van der Waals surface area contributed by atoms with Crippen LogP contribution in [0.25, 0.3) is 11.3 Å². The van der Waals surface area contributed by atoms with Gasteiger partial charge in [-0.15, -0.1) is 0 Å². The van der Waals surface area contributed by atoms with Crippen molar-refractivity contribution < 1.29 is 17.2 Å². The quantitative estimate of drug-likeness (QED) is 0.552. The van der Waals surface area contributed by atoms with Crippen LogP contribution in [0.5, 0.6) is 0 Å². The summed E-state index contributed by atoms with van der Waals surface area (Å²) < 4.78 is 45.3. The van der Waals surface area contributed by atoms with Gasteiger partial charge in [-0.1, -0.05) is 30.3 Å². The molecule has 0 radical (unpaired) electrons. The molecule has 0 bridgehead atoms. The van der Waals surface area contributed by atoms with Crippen molar-refractivity contribution in [2.45, 2.75) is 12.3 Å². The number of sulfonamides is 1. The van der Waals surface area contributed by atoms with Gasteiger partial charge >= 0.3 is 0 Å². The van der Waals surface area contributed by atoms with Gasteiger partial charge in [0.2, 0.25) is 10.0 Å². The summed E-state index contributed by atoms with van der Waals surface area (Å²) in [7, 11) is -3.36. The molecule has 0 saturated heterocycles. The van der Waals surface area contributed by atoms with Crippen molar-refractivity contribution in [1.29, 1.82) is 0 Å². The fourth-order valence-corrected chi connectivity index (χ4v) is 3.74. The van der Waals surface area contributed by atoms with Gasteiger partial charge in [-0.05, 0) is 42.0 Å². The van der Waals surface area contributed by atoms with Crippen molar-refractivity contribution >= 4 is 10.0 Å². The fourth-order valence-electron chi connectivity index (χ4n) is 2.59. The zero-order valence-corrected chi connectivity index (χ0v) is 15.5. The van der Waals surface area contributed by atoms with Gasteiger partial charge in [0.05, 0.1) is 12.3 Å². The minimum absolute atomic E-state index is 0.0347. The van der Waals surface area contributed by atoms with Gasteiger partial charge in [0, 0.05) is 18.7 Å². The summed E-state index contributed by atoms with van der Waals surface area (Å²) in [6.07, 6.45) is 0. The summed E-state index contributed by atoms with van der Waals surface area (Å²) in [6.45, 7) is 1.24. The third kappa shape index (κ3) is 6.02. The van der Waals surface area contributed by atoms with E-state index in [0.717, 1.165) is 16.9 Å². The Bertz CT molecular complexity index is 954. The van der Waals surface area contributed by atoms with Gasteiger partial charge in [-0.25, -0.2) is 17.5 Å². The second-order valence-corrected chi connectivity index (χ2v) is 7.90. The van der Waals surface area contributed by atoms with Gasteiger partial charge in [-0.2, -0.15) is 0 Å². The maximum atomic E-state index is 13.0. The lowest BCUT2D eigenvalue weighted by Gasteiger charge is -2.07. The molecule has 0 aliphatic heterocycles. The summed E-state index contributed by atoms with van der Waals surface area (Å²) in [4.78, 5) is 0. The third-order valence-corrected chi connectivity index (χ3v) is 5.27. The summed E-state index contributed by atoms with van der Waals surface area (Å²) in [5, 5.41) is 3.13. The molecule has 3 aromatic rings. The summed E-state index contributed by atoms with van der Waals surface area (Å²) >= 11 is 0. The first-order valence-electron chi connectivity index (χ1n) is 8.58. The Morgan fingerprint density at radius 2 is 1.63 bits per heavy atom. The monoisotopic (exact) mass is 388 g/mol. The van der Waals surface area contributed by atoms with Crippen molar-refractivity contribution in [3.05, 3.63) is 83.9 Å². The van der Waals surface area contributed by atoms with E-state index >= 15 is 0 Å². The van der Waals surface area contributed by atoms with Crippen LogP contribution in [0.1, 0.15) is 11.3 Å². The van der Waals surface area contributed by atoms with Crippen molar-refractivity contribution in [3.63, 3.8) is 0 Å². The number of hydrogen-bond donors (Lipinski definition) is 2. The Morgan fingerprint density at radius 1 is 0.889 bits per heavy atom. The molecule has 0 spiro atoms. The SMILES string of the molecule is O=S(=O)(Cc1ccccc1)NCCNCc1ccc(-c2ccc(F)cc2)o1. The van der Waals surface area contributed by atoms with E-state index in [-0.39, 0.29) is 11.6 Å². The van der Waals surface area contributed by atoms with E-state index in [4.69, 9.17) is 4.42 Å². The molecule has 0 amide bonds. The molecule has 2 aromatic carbocycles. The third-order valence-electron chi connectivity index (χ3n) is 3.91. The molecular weight excluding hydrogens is 367 g/mol. The van der Waals surface area contributed by atoms with E-state index in [1.54, 1.807) is 24.3 Å². The van der Waals surface area contributed by atoms with Crippen LogP contribution in [0.3, 0.4) is 0 Å². The smallest absolute Gasteiger partial charge is 0.215 e. The number of furan rings is 1. The van der Waals surface area contributed by atoms with Gasteiger partial charge in [0.25, 0.3) is 0 Å². The standard InChI is InChI=1S/C20H21FN2O3S/c21-18-8-6-17(7-9-18)20-11-10-19(26-20)14-22-12-13-23-27(24,25)15-16-4-2-1-3-5-16/h1-11,22-23H,12-15H2. The van der Waals surface area contributed by atoms with Crippen molar-refractivity contribution in [2.24, 2.45) is 0 Å². The Hall–Kier alpha value is -2.48. The summed E-state index contributed by atoms with van der Waals surface area (Å²) in [6, 6.07) is 18.8. The molecule has 5 nitrogen and oxygen atoms in total. The van der Waals surface area contributed by atoms with Crippen LogP contribution >= 0.6 is 0 Å². The molecule has 0 atom stereocenters. The highest BCUT2D eigenvalue weighted by atomic mass is 32.2. The summed E-state index contributed by atoms with van der Waals surface area (Å²) in [5.74, 6) is 1.06. The molecule has 1 aromatic heterocycles. The minimum atomic E-state index is -3.36. The lowest BCUT2D eigenvalue weighted by atomic mass is 10.2. The molecule has 142 valence electrons. The van der Waals surface area contributed by atoms with Crippen molar-refractivity contribution in [2.75, 3.05) is 13.1 Å². The second kappa shape index (κ2) is 8.94. The molecule has 3 rings (SSSR count). The molecule has 0 unspecified atom stereocenters. The van der Waals surface area contributed by atoms with E-state index in [9.17, 15) is 12.8 Å². The first-order valence-corrected chi connectivity index (χ1v) is 10.2. The van der Waals surface area contributed by atoms with Crippen LogP contribution < -0.4 is 10.0 Å². The predicted molar refractivity (Wildman–Crippen MR) is 103 cm³/mol. The zero-order chi connectivity index (χ0) is 19.1. The molecule has 0 aliphatic rings. The van der Waals surface area contributed by atoms with Gasteiger partial charge in [-0.3, -0.25) is 0 Å². The van der Waals surface area contributed by atoms with E-state index in [0.29, 0.717) is 25.4 Å². The van der Waals surface area contributed by atoms with Crippen LogP contribution in [0.4, 0.5) is 4.39 Å². The Balaban J connectivity index is 1.41. The molecular formula is C20H21FN2O3S. The predicted octanol–water partition coefficient (Wildman–Crippen LogP) is 3.29. The first kappa shape index (κ1) is 19.3. The topological polar surface area (TPSA) is 71.3 Å². The number of rotatable bonds is 9. The molecule has 0 aliphatic carbocycles. The number of halogens is 1. The maximum absolute atomic E-state index is 13.0. The average molecular weight is 388 g/mol. The van der Waals surface area contributed by atoms with Crippen LogP contribution in [0.15, 0.2) is 71.1 Å². The Kier molecular flexibility index (Phi) is 6.39.